The minimum absolute atomic E-state index is 0.268. The Morgan fingerprint density at radius 3 is 2.91 bits per heavy atom. The second-order valence-corrected chi connectivity index (χ2v) is 2.44. The predicted octanol–water partition coefficient (Wildman–Crippen LogP) is 1.47. The standard InChI is InChI=1S/C8H8FNO/c1-8(9,6-11)7-3-2-4-10-5-7/h2-6H,1H3. The first-order valence-corrected chi connectivity index (χ1v) is 3.22. The van der Waals surface area contributed by atoms with Crippen LogP contribution < -0.4 is 0 Å². The van der Waals surface area contributed by atoms with Gasteiger partial charge in [-0.05, 0) is 13.0 Å². The fourth-order valence-electron chi connectivity index (χ4n) is 0.720. The van der Waals surface area contributed by atoms with Gasteiger partial charge in [0.2, 0.25) is 0 Å². The number of alkyl halides is 1. The zero-order valence-electron chi connectivity index (χ0n) is 6.12. The van der Waals surface area contributed by atoms with Crippen LogP contribution in [0.1, 0.15) is 12.5 Å². The summed E-state index contributed by atoms with van der Waals surface area (Å²) in [5, 5.41) is 0. The molecule has 0 saturated carbocycles. The van der Waals surface area contributed by atoms with Crippen LogP contribution >= 0.6 is 0 Å². The highest BCUT2D eigenvalue weighted by molar-refractivity contribution is 5.64. The van der Waals surface area contributed by atoms with Gasteiger partial charge in [0.05, 0.1) is 0 Å². The molecule has 58 valence electrons. The number of aldehydes is 1. The number of hydrogen-bond donors (Lipinski definition) is 0. The fourth-order valence-corrected chi connectivity index (χ4v) is 0.720. The highest BCUT2D eigenvalue weighted by Crippen LogP contribution is 2.20. The Kier molecular flexibility index (Phi) is 1.98. The molecule has 1 aromatic heterocycles. The highest BCUT2D eigenvalue weighted by Gasteiger charge is 2.24. The van der Waals surface area contributed by atoms with Crippen LogP contribution in [0.15, 0.2) is 24.5 Å². The smallest absolute Gasteiger partial charge is 0.189 e. The molecule has 0 bridgehead atoms. The van der Waals surface area contributed by atoms with Gasteiger partial charge in [-0.15, -0.1) is 0 Å². The van der Waals surface area contributed by atoms with E-state index >= 15 is 0 Å². The average Bonchev–Trinajstić information content (AvgIpc) is 2.06. The van der Waals surface area contributed by atoms with E-state index in [4.69, 9.17) is 0 Å². The maximum atomic E-state index is 13.1. The van der Waals surface area contributed by atoms with E-state index in [1.807, 2.05) is 0 Å². The van der Waals surface area contributed by atoms with Crippen molar-refractivity contribution in [1.29, 1.82) is 0 Å². The van der Waals surface area contributed by atoms with Crippen LogP contribution in [0.4, 0.5) is 4.39 Å². The molecule has 0 N–H and O–H groups in total. The molecule has 0 amide bonds. The lowest BCUT2D eigenvalue weighted by Gasteiger charge is -2.10. The van der Waals surface area contributed by atoms with Crippen molar-refractivity contribution in [3.8, 4) is 0 Å². The van der Waals surface area contributed by atoms with Gasteiger partial charge < -0.3 is 0 Å². The van der Waals surface area contributed by atoms with Gasteiger partial charge in [0, 0.05) is 18.0 Å². The predicted molar refractivity (Wildman–Crippen MR) is 38.8 cm³/mol. The maximum absolute atomic E-state index is 13.1. The van der Waals surface area contributed by atoms with Gasteiger partial charge in [-0.25, -0.2) is 4.39 Å². The molecule has 0 spiro atoms. The Labute approximate surface area is 64.1 Å². The van der Waals surface area contributed by atoms with E-state index < -0.39 is 5.67 Å². The van der Waals surface area contributed by atoms with Crippen LogP contribution in [0.2, 0.25) is 0 Å². The Bertz CT molecular complexity index is 246. The Morgan fingerprint density at radius 2 is 2.45 bits per heavy atom. The summed E-state index contributed by atoms with van der Waals surface area (Å²) in [5.41, 5.74) is -1.62. The molecule has 11 heavy (non-hydrogen) atoms. The number of aromatic nitrogens is 1. The number of pyridine rings is 1. The van der Waals surface area contributed by atoms with Crippen LogP contribution in [-0.2, 0) is 10.5 Å². The van der Waals surface area contributed by atoms with Crippen molar-refractivity contribution in [1.82, 2.24) is 4.98 Å². The molecule has 0 aliphatic rings. The van der Waals surface area contributed by atoms with Crippen molar-refractivity contribution >= 4 is 6.29 Å². The molecule has 0 fully saturated rings. The number of rotatable bonds is 2. The SMILES string of the molecule is CC(F)(C=O)c1cccnc1. The molecule has 1 heterocycles. The molecule has 0 aliphatic heterocycles. The van der Waals surface area contributed by atoms with Gasteiger partial charge in [0.15, 0.2) is 12.0 Å². The highest BCUT2D eigenvalue weighted by atomic mass is 19.1. The largest absolute Gasteiger partial charge is 0.299 e. The Balaban J connectivity index is 3.02. The molecule has 1 aromatic rings. The van der Waals surface area contributed by atoms with Crippen LogP contribution in [0.3, 0.4) is 0 Å². The molecular weight excluding hydrogens is 145 g/mol. The lowest BCUT2D eigenvalue weighted by Crippen LogP contribution is -2.16. The van der Waals surface area contributed by atoms with Crippen LogP contribution in [0, 0.1) is 0 Å². The third-order valence-electron chi connectivity index (χ3n) is 1.45. The average molecular weight is 153 g/mol. The molecular formula is C8H8FNO. The van der Waals surface area contributed by atoms with Gasteiger partial charge in [0.25, 0.3) is 0 Å². The molecule has 1 atom stereocenters. The third kappa shape index (κ3) is 1.61. The van der Waals surface area contributed by atoms with E-state index in [1.54, 1.807) is 6.07 Å². The van der Waals surface area contributed by atoms with Crippen molar-refractivity contribution < 1.29 is 9.18 Å². The minimum atomic E-state index is -1.91. The molecule has 3 heteroatoms. The topological polar surface area (TPSA) is 30.0 Å². The first-order chi connectivity index (χ1) is 5.17. The van der Waals surface area contributed by atoms with E-state index in [-0.39, 0.29) is 11.8 Å². The van der Waals surface area contributed by atoms with E-state index in [1.165, 1.54) is 25.4 Å². The molecule has 0 aliphatic carbocycles. The molecule has 1 unspecified atom stereocenters. The molecule has 0 saturated heterocycles. The zero-order chi connectivity index (χ0) is 8.32. The quantitative estimate of drug-likeness (QED) is 0.602. The summed E-state index contributed by atoms with van der Waals surface area (Å²) < 4.78 is 13.1. The third-order valence-corrected chi connectivity index (χ3v) is 1.45. The lowest BCUT2D eigenvalue weighted by molar-refractivity contribution is -0.117. The maximum Gasteiger partial charge on any atom is 0.189 e. The Morgan fingerprint density at radius 1 is 1.73 bits per heavy atom. The summed E-state index contributed by atoms with van der Waals surface area (Å²) in [6, 6.07) is 3.12. The number of hydrogen-bond acceptors (Lipinski definition) is 2. The number of nitrogens with zero attached hydrogens (tertiary/aromatic N) is 1. The van der Waals surface area contributed by atoms with Crippen molar-refractivity contribution in [3.63, 3.8) is 0 Å². The van der Waals surface area contributed by atoms with E-state index in [2.05, 4.69) is 4.98 Å². The van der Waals surface area contributed by atoms with E-state index in [0.717, 1.165) is 0 Å². The first-order valence-electron chi connectivity index (χ1n) is 3.22. The van der Waals surface area contributed by atoms with Crippen LogP contribution in [0.5, 0.6) is 0 Å². The van der Waals surface area contributed by atoms with Crippen LogP contribution in [-0.4, -0.2) is 11.3 Å². The zero-order valence-corrected chi connectivity index (χ0v) is 6.12. The summed E-state index contributed by atoms with van der Waals surface area (Å²) in [5.74, 6) is 0. The molecule has 0 radical (unpaired) electrons. The van der Waals surface area contributed by atoms with Crippen molar-refractivity contribution in [3.05, 3.63) is 30.1 Å². The number of carbonyl (C=O) groups is 1. The van der Waals surface area contributed by atoms with Gasteiger partial charge >= 0.3 is 0 Å². The summed E-state index contributed by atoms with van der Waals surface area (Å²) in [7, 11) is 0. The van der Waals surface area contributed by atoms with Gasteiger partial charge in [0.1, 0.15) is 0 Å². The van der Waals surface area contributed by atoms with Crippen molar-refractivity contribution in [2.45, 2.75) is 12.6 Å². The summed E-state index contributed by atoms with van der Waals surface area (Å²) in [6.07, 6.45) is 3.14. The second kappa shape index (κ2) is 2.78. The van der Waals surface area contributed by atoms with Gasteiger partial charge in [-0.2, -0.15) is 0 Å². The number of carbonyl (C=O) groups excluding carboxylic acids is 1. The fraction of sp³-hybridized carbons (Fsp3) is 0.250. The Hall–Kier alpha value is -1.25. The van der Waals surface area contributed by atoms with E-state index in [9.17, 15) is 9.18 Å². The summed E-state index contributed by atoms with van der Waals surface area (Å²) >= 11 is 0. The summed E-state index contributed by atoms with van der Waals surface area (Å²) in [4.78, 5) is 13.9. The van der Waals surface area contributed by atoms with Gasteiger partial charge in [-0.3, -0.25) is 9.78 Å². The normalized spacial score (nSPS) is 15.5. The summed E-state index contributed by atoms with van der Waals surface area (Å²) in [6.45, 7) is 1.21. The van der Waals surface area contributed by atoms with E-state index in [0.29, 0.717) is 0 Å². The monoisotopic (exact) mass is 153 g/mol. The first kappa shape index (κ1) is 7.85. The lowest BCUT2D eigenvalue weighted by atomic mass is 10.0. The number of halogens is 1. The second-order valence-electron chi connectivity index (χ2n) is 2.44. The van der Waals surface area contributed by atoms with Crippen molar-refractivity contribution in [2.75, 3.05) is 0 Å². The minimum Gasteiger partial charge on any atom is -0.299 e. The molecule has 0 aromatic carbocycles. The van der Waals surface area contributed by atoms with Crippen molar-refractivity contribution in [2.24, 2.45) is 0 Å². The molecule has 1 rings (SSSR count). The van der Waals surface area contributed by atoms with Gasteiger partial charge in [-0.1, -0.05) is 6.07 Å². The molecule has 2 nitrogen and oxygen atoms in total. The van der Waals surface area contributed by atoms with Crippen LogP contribution in [0.25, 0.3) is 0 Å².